The second kappa shape index (κ2) is 14.6. The highest BCUT2D eigenvalue weighted by atomic mass is 35.5. The first kappa shape index (κ1) is 37.4. The number of methoxy groups -OCH3 is 1. The lowest BCUT2D eigenvalue weighted by Crippen LogP contribution is -2.50. The van der Waals surface area contributed by atoms with Crippen molar-refractivity contribution in [2.45, 2.75) is 117 Å². The molecule has 0 spiro atoms. The number of likely N-dealkylation sites (tertiary alicyclic amines) is 1. The lowest BCUT2D eigenvalue weighted by atomic mass is 9.77. The van der Waals surface area contributed by atoms with Gasteiger partial charge in [-0.2, -0.15) is 0 Å². The van der Waals surface area contributed by atoms with Crippen LogP contribution >= 0.6 is 11.6 Å². The fourth-order valence-corrected chi connectivity index (χ4v) is 6.82. The average molecular weight is 686 g/mol. The molecule has 10 nitrogen and oxygen atoms in total. The lowest BCUT2D eigenvalue weighted by Gasteiger charge is -2.35. The first-order valence-electron chi connectivity index (χ1n) is 17.0. The van der Waals surface area contributed by atoms with Crippen LogP contribution in [-0.2, 0) is 23.9 Å². The van der Waals surface area contributed by atoms with Crippen LogP contribution in [0, 0.1) is 23.2 Å². The smallest absolute Gasteiger partial charge is 0.329 e. The number of aromatic nitrogens is 2. The molecule has 1 aromatic carbocycles. The number of benzene rings is 1. The van der Waals surface area contributed by atoms with E-state index in [-0.39, 0.29) is 29.9 Å². The van der Waals surface area contributed by atoms with E-state index < -0.39 is 52.5 Å². The molecule has 0 N–H and O–H groups in total. The number of unbranched alkanes of at least 4 members (excludes halogenated alkanes) is 1. The normalized spacial score (nSPS) is 24.6. The van der Waals surface area contributed by atoms with Gasteiger partial charge in [0.25, 0.3) is 5.88 Å². The highest BCUT2D eigenvalue weighted by Crippen LogP contribution is 2.52. The van der Waals surface area contributed by atoms with Gasteiger partial charge in [-0.1, -0.05) is 52.3 Å². The van der Waals surface area contributed by atoms with Gasteiger partial charge in [0, 0.05) is 17.9 Å². The number of allylic oxidation sites excluding steroid dienone is 1. The largest absolute Gasteiger partial charge is 0.497 e. The Morgan fingerprint density at radius 2 is 1.85 bits per heavy atom. The van der Waals surface area contributed by atoms with E-state index in [9.17, 15) is 14.4 Å². The summed E-state index contributed by atoms with van der Waals surface area (Å²) in [4.78, 5) is 52.3. The molecule has 0 radical (unpaired) electrons. The minimum atomic E-state index is -0.963. The molecule has 2 aliphatic rings. The summed E-state index contributed by atoms with van der Waals surface area (Å²) in [5.41, 5.74) is -0.797. The third-order valence-corrected chi connectivity index (χ3v) is 9.80. The standard InChI is InChI=1S/C37H52ClN3O7/c1-11-13-14-15-23-20-37(23,12-2)47-29(42)19-25(35(4,5)6)33(43)41-21-28(22(3)30(41)34(44)48-36(7,8)9)46-32-31(38)39-26-17-16-24(45-10)18-27(26)40-32/h11,16-18,22-23,25,28,30H,1,12-15,19-21H2,2-10H3/t22-,23?,25-,28+,30+,37?/m1/s1. The number of fused-ring (bicyclic) bond motifs is 1. The molecule has 48 heavy (non-hydrogen) atoms. The predicted molar refractivity (Wildman–Crippen MR) is 185 cm³/mol. The zero-order chi connectivity index (χ0) is 35.6. The van der Waals surface area contributed by atoms with Crippen LogP contribution in [0.15, 0.2) is 30.9 Å². The molecule has 1 amide bonds. The van der Waals surface area contributed by atoms with Gasteiger partial charge in [0.1, 0.15) is 29.1 Å². The summed E-state index contributed by atoms with van der Waals surface area (Å²) < 4.78 is 23.6. The number of ether oxygens (including phenoxy) is 4. The molecule has 6 atom stereocenters. The Morgan fingerprint density at radius 3 is 2.46 bits per heavy atom. The van der Waals surface area contributed by atoms with E-state index in [4.69, 9.17) is 30.5 Å². The Balaban J connectivity index is 1.59. The molecule has 264 valence electrons. The minimum absolute atomic E-state index is 0.0569. The van der Waals surface area contributed by atoms with Gasteiger partial charge in [-0.05, 0) is 70.4 Å². The third-order valence-electron chi connectivity index (χ3n) is 9.56. The molecule has 2 heterocycles. The fourth-order valence-electron chi connectivity index (χ4n) is 6.64. The van der Waals surface area contributed by atoms with Crippen molar-refractivity contribution in [1.82, 2.24) is 14.9 Å². The molecule has 2 aromatic rings. The Bertz CT molecular complexity index is 1520. The lowest BCUT2D eigenvalue weighted by molar-refractivity contribution is -0.167. The maximum absolute atomic E-state index is 14.5. The Morgan fingerprint density at radius 1 is 1.15 bits per heavy atom. The van der Waals surface area contributed by atoms with Gasteiger partial charge < -0.3 is 23.8 Å². The van der Waals surface area contributed by atoms with E-state index in [1.807, 2.05) is 40.7 Å². The van der Waals surface area contributed by atoms with Gasteiger partial charge in [0.05, 0.1) is 37.0 Å². The maximum Gasteiger partial charge on any atom is 0.329 e. The number of amides is 1. The van der Waals surface area contributed by atoms with Crippen LogP contribution in [0.2, 0.25) is 5.15 Å². The third kappa shape index (κ3) is 8.60. The van der Waals surface area contributed by atoms with Crippen LogP contribution in [0.1, 0.15) is 93.9 Å². The van der Waals surface area contributed by atoms with Crippen molar-refractivity contribution >= 4 is 40.5 Å². The highest BCUT2D eigenvalue weighted by molar-refractivity contribution is 6.31. The molecular weight excluding hydrogens is 634 g/mol. The Labute approximate surface area is 289 Å². The molecule has 1 aliphatic heterocycles. The molecule has 2 unspecified atom stereocenters. The summed E-state index contributed by atoms with van der Waals surface area (Å²) in [7, 11) is 1.56. The summed E-state index contributed by atoms with van der Waals surface area (Å²) in [6.07, 6.45) is 5.59. The summed E-state index contributed by atoms with van der Waals surface area (Å²) in [6.45, 7) is 18.8. The number of nitrogens with zero attached hydrogens (tertiary/aromatic N) is 3. The first-order chi connectivity index (χ1) is 22.4. The molecule has 1 aromatic heterocycles. The number of rotatable bonds is 13. The van der Waals surface area contributed by atoms with Crippen molar-refractivity contribution in [3.63, 3.8) is 0 Å². The van der Waals surface area contributed by atoms with E-state index in [1.54, 1.807) is 46.1 Å². The topological polar surface area (TPSA) is 117 Å². The number of carbonyl (C=O) groups is 3. The molecule has 11 heteroatoms. The number of carbonyl (C=O) groups excluding carboxylic acids is 3. The van der Waals surface area contributed by atoms with E-state index in [0.717, 1.165) is 32.1 Å². The van der Waals surface area contributed by atoms with Crippen LogP contribution in [0.4, 0.5) is 0 Å². The Hall–Kier alpha value is -3.40. The second-order valence-corrected chi connectivity index (χ2v) is 15.7. The van der Waals surface area contributed by atoms with Gasteiger partial charge in [0.15, 0.2) is 5.15 Å². The zero-order valence-corrected chi connectivity index (χ0v) is 30.7. The minimum Gasteiger partial charge on any atom is -0.497 e. The summed E-state index contributed by atoms with van der Waals surface area (Å²) in [6, 6.07) is 4.28. The number of esters is 2. The van der Waals surface area contributed by atoms with E-state index in [0.29, 0.717) is 22.7 Å². The van der Waals surface area contributed by atoms with Crippen LogP contribution in [-0.4, -0.2) is 69.7 Å². The van der Waals surface area contributed by atoms with E-state index in [1.165, 1.54) is 4.90 Å². The van der Waals surface area contributed by atoms with Gasteiger partial charge in [0.2, 0.25) is 5.91 Å². The molecule has 1 saturated carbocycles. The summed E-state index contributed by atoms with van der Waals surface area (Å²) in [5.74, 6) is -1.55. The van der Waals surface area contributed by atoms with Crippen molar-refractivity contribution in [3.8, 4) is 11.6 Å². The number of hydrogen-bond acceptors (Lipinski definition) is 9. The SMILES string of the molecule is C=CCCCC1CC1(CC)OC(=O)C[C@H](C(=O)N1C[C@H](Oc2nc3cc(OC)ccc3nc2Cl)[C@@H](C)[C@H]1C(=O)OC(C)(C)C)C(C)(C)C. The summed E-state index contributed by atoms with van der Waals surface area (Å²) >= 11 is 6.51. The van der Waals surface area contributed by atoms with Crippen LogP contribution in [0.3, 0.4) is 0 Å². The quantitative estimate of drug-likeness (QED) is 0.121. The predicted octanol–water partition coefficient (Wildman–Crippen LogP) is 7.35. The van der Waals surface area contributed by atoms with Gasteiger partial charge in [-0.15, -0.1) is 6.58 Å². The van der Waals surface area contributed by atoms with Crippen LogP contribution in [0.25, 0.3) is 11.0 Å². The average Bonchev–Trinajstić information content (AvgIpc) is 3.58. The van der Waals surface area contributed by atoms with Crippen LogP contribution < -0.4 is 9.47 Å². The van der Waals surface area contributed by atoms with Gasteiger partial charge in [-0.3, -0.25) is 9.59 Å². The molecular formula is C37H52ClN3O7. The van der Waals surface area contributed by atoms with Crippen molar-refractivity contribution < 1.29 is 33.3 Å². The molecule has 1 aliphatic carbocycles. The molecule has 4 rings (SSSR count). The van der Waals surface area contributed by atoms with E-state index in [2.05, 4.69) is 16.5 Å². The molecule has 2 fully saturated rings. The van der Waals surface area contributed by atoms with Crippen molar-refractivity contribution in [2.75, 3.05) is 13.7 Å². The zero-order valence-electron chi connectivity index (χ0n) is 29.9. The van der Waals surface area contributed by atoms with Crippen molar-refractivity contribution in [2.24, 2.45) is 23.2 Å². The van der Waals surface area contributed by atoms with E-state index >= 15 is 0 Å². The molecule has 1 saturated heterocycles. The monoisotopic (exact) mass is 685 g/mol. The highest BCUT2D eigenvalue weighted by Gasteiger charge is 2.56. The first-order valence-corrected chi connectivity index (χ1v) is 17.3. The maximum atomic E-state index is 14.5. The number of hydrogen-bond donors (Lipinski definition) is 0. The van der Waals surface area contributed by atoms with Crippen LogP contribution in [0.5, 0.6) is 11.6 Å². The molecule has 0 bridgehead atoms. The van der Waals surface area contributed by atoms with Gasteiger partial charge in [-0.25, -0.2) is 14.8 Å². The van der Waals surface area contributed by atoms with Crippen molar-refractivity contribution in [1.29, 1.82) is 0 Å². The van der Waals surface area contributed by atoms with Crippen molar-refractivity contribution in [3.05, 3.63) is 36.0 Å². The fraction of sp³-hybridized carbons (Fsp3) is 0.649. The summed E-state index contributed by atoms with van der Waals surface area (Å²) in [5, 5.41) is 0.0569. The number of halogens is 1. The second-order valence-electron chi connectivity index (χ2n) is 15.3. The Kier molecular flexibility index (Phi) is 11.4. The van der Waals surface area contributed by atoms with Gasteiger partial charge >= 0.3 is 11.9 Å².